The van der Waals surface area contributed by atoms with E-state index in [0.29, 0.717) is 18.1 Å². The molecule has 0 aliphatic rings. The predicted molar refractivity (Wildman–Crippen MR) is 63.2 cm³/mol. The molecule has 0 rings (SSSR count). The molecule has 0 radical (unpaired) electrons. The molecule has 0 saturated heterocycles. The van der Waals surface area contributed by atoms with Gasteiger partial charge in [0.15, 0.2) is 9.84 Å². The first kappa shape index (κ1) is 13.8. The first-order valence-corrected chi connectivity index (χ1v) is 6.85. The van der Waals surface area contributed by atoms with E-state index >= 15 is 0 Å². The summed E-state index contributed by atoms with van der Waals surface area (Å²) in [6.07, 6.45) is 0. The number of sulfone groups is 1. The highest BCUT2D eigenvalue weighted by atomic mass is 32.2. The molecular weight excluding hydrogens is 220 g/mol. The monoisotopic (exact) mass is 238 g/mol. The second-order valence-electron chi connectivity index (χ2n) is 3.07. The molecule has 0 amide bonds. The van der Waals surface area contributed by atoms with Gasteiger partial charge in [-0.3, -0.25) is 4.90 Å². The zero-order valence-electron chi connectivity index (χ0n) is 8.69. The summed E-state index contributed by atoms with van der Waals surface area (Å²) in [5, 5.41) is 0. The van der Waals surface area contributed by atoms with Crippen molar-refractivity contribution in [2.75, 3.05) is 31.1 Å². The third-order valence-corrected chi connectivity index (χ3v) is 3.80. The Kier molecular flexibility index (Phi) is 6.22. The van der Waals surface area contributed by atoms with Crippen molar-refractivity contribution in [1.29, 1.82) is 0 Å². The largest absolute Gasteiger partial charge is 0.392 e. The fourth-order valence-electron chi connectivity index (χ4n) is 0.982. The zero-order chi connectivity index (χ0) is 11.2. The molecule has 0 atom stereocenters. The molecule has 2 N–H and O–H groups in total. The van der Waals surface area contributed by atoms with Gasteiger partial charge in [-0.2, -0.15) is 0 Å². The summed E-state index contributed by atoms with van der Waals surface area (Å²) in [6, 6.07) is 0. The minimum atomic E-state index is -2.89. The Morgan fingerprint density at radius 2 is 2.00 bits per heavy atom. The van der Waals surface area contributed by atoms with Crippen molar-refractivity contribution in [2.45, 2.75) is 13.8 Å². The van der Waals surface area contributed by atoms with E-state index in [-0.39, 0.29) is 11.5 Å². The summed E-state index contributed by atoms with van der Waals surface area (Å²) in [6.45, 7) is 5.36. The molecule has 0 aliphatic carbocycles. The fourth-order valence-corrected chi connectivity index (χ4v) is 1.99. The van der Waals surface area contributed by atoms with Crippen molar-refractivity contribution in [3.8, 4) is 0 Å². The molecule has 0 aromatic carbocycles. The Bertz CT molecular complexity index is 275. The van der Waals surface area contributed by atoms with Crippen LogP contribution in [0.3, 0.4) is 0 Å². The fraction of sp³-hybridized carbons (Fsp3) is 0.875. The van der Waals surface area contributed by atoms with Crippen LogP contribution in [0.4, 0.5) is 0 Å². The van der Waals surface area contributed by atoms with Crippen molar-refractivity contribution in [3.05, 3.63) is 0 Å². The molecule has 0 aliphatic heterocycles. The minimum Gasteiger partial charge on any atom is -0.392 e. The van der Waals surface area contributed by atoms with Crippen molar-refractivity contribution < 1.29 is 8.42 Å². The van der Waals surface area contributed by atoms with Gasteiger partial charge in [0, 0.05) is 18.8 Å². The SMILES string of the molecule is CCN(CCS(=O)(=O)CC)CC(N)=S. The number of hydrogen-bond acceptors (Lipinski definition) is 4. The van der Waals surface area contributed by atoms with Crippen LogP contribution in [-0.2, 0) is 9.84 Å². The topological polar surface area (TPSA) is 63.4 Å². The smallest absolute Gasteiger partial charge is 0.151 e. The van der Waals surface area contributed by atoms with Crippen LogP contribution in [0.25, 0.3) is 0 Å². The number of nitrogens with zero attached hydrogens (tertiary/aromatic N) is 1. The van der Waals surface area contributed by atoms with Gasteiger partial charge < -0.3 is 5.73 Å². The van der Waals surface area contributed by atoms with Gasteiger partial charge in [-0.25, -0.2) is 8.42 Å². The molecule has 0 spiro atoms. The first-order valence-electron chi connectivity index (χ1n) is 4.62. The molecule has 0 bridgehead atoms. The molecule has 4 nitrogen and oxygen atoms in total. The van der Waals surface area contributed by atoms with E-state index in [2.05, 4.69) is 0 Å². The summed E-state index contributed by atoms with van der Waals surface area (Å²) in [5.74, 6) is 0.373. The summed E-state index contributed by atoms with van der Waals surface area (Å²) >= 11 is 4.76. The Labute approximate surface area is 91.4 Å². The second-order valence-corrected chi connectivity index (χ2v) is 6.07. The van der Waals surface area contributed by atoms with Gasteiger partial charge in [-0.05, 0) is 6.54 Å². The normalized spacial score (nSPS) is 11.9. The van der Waals surface area contributed by atoms with Crippen LogP contribution in [0.2, 0.25) is 0 Å². The lowest BCUT2D eigenvalue weighted by Crippen LogP contribution is -2.36. The maximum Gasteiger partial charge on any atom is 0.151 e. The predicted octanol–water partition coefficient (Wildman–Crippen LogP) is 0.0291. The van der Waals surface area contributed by atoms with Crippen molar-refractivity contribution in [1.82, 2.24) is 4.90 Å². The van der Waals surface area contributed by atoms with E-state index in [4.69, 9.17) is 18.0 Å². The second kappa shape index (κ2) is 6.31. The van der Waals surface area contributed by atoms with Gasteiger partial charge >= 0.3 is 0 Å². The third-order valence-electron chi connectivity index (χ3n) is 1.99. The van der Waals surface area contributed by atoms with Gasteiger partial charge in [-0.1, -0.05) is 26.1 Å². The molecular formula is C8H18N2O2S2. The Balaban J connectivity index is 4.02. The van der Waals surface area contributed by atoms with Gasteiger partial charge in [-0.15, -0.1) is 0 Å². The molecule has 14 heavy (non-hydrogen) atoms. The summed E-state index contributed by atoms with van der Waals surface area (Å²) in [5.41, 5.74) is 5.38. The Hall–Kier alpha value is -0.200. The Morgan fingerprint density at radius 3 is 2.36 bits per heavy atom. The van der Waals surface area contributed by atoms with Crippen LogP contribution in [0.1, 0.15) is 13.8 Å². The minimum absolute atomic E-state index is 0.181. The maximum atomic E-state index is 11.2. The van der Waals surface area contributed by atoms with Crippen molar-refractivity contribution in [3.63, 3.8) is 0 Å². The molecule has 84 valence electrons. The van der Waals surface area contributed by atoms with Gasteiger partial charge in [0.2, 0.25) is 0 Å². The number of nitrogens with two attached hydrogens (primary N) is 1. The van der Waals surface area contributed by atoms with E-state index in [1.165, 1.54) is 0 Å². The lowest BCUT2D eigenvalue weighted by molar-refractivity contribution is 0.348. The highest BCUT2D eigenvalue weighted by molar-refractivity contribution is 7.91. The number of thiocarbonyl (C=S) groups is 1. The van der Waals surface area contributed by atoms with E-state index < -0.39 is 9.84 Å². The first-order chi connectivity index (χ1) is 6.41. The Morgan fingerprint density at radius 1 is 1.43 bits per heavy atom. The summed E-state index contributed by atoms with van der Waals surface area (Å²) < 4.78 is 22.4. The average Bonchev–Trinajstić information content (AvgIpc) is 2.12. The molecule has 0 heterocycles. The number of rotatable bonds is 7. The highest BCUT2D eigenvalue weighted by Gasteiger charge is 2.10. The van der Waals surface area contributed by atoms with Crippen LogP contribution in [-0.4, -0.2) is 49.4 Å². The summed E-state index contributed by atoms with van der Waals surface area (Å²) in [4.78, 5) is 2.33. The number of hydrogen-bond donors (Lipinski definition) is 1. The van der Waals surface area contributed by atoms with Crippen LogP contribution in [0.5, 0.6) is 0 Å². The van der Waals surface area contributed by atoms with Gasteiger partial charge in [0.05, 0.1) is 10.7 Å². The van der Waals surface area contributed by atoms with E-state index in [1.54, 1.807) is 6.92 Å². The van der Waals surface area contributed by atoms with Gasteiger partial charge in [0.25, 0.3) is 0 Å². The van der Waals surface area contributed by atoms with Crippen LogP contribution in [0.15, 0.2) is 0 Å². The molecule has 0 unspecified atom stereocenters. The molecule has 0 fully saturated rings. The number of likely N-dealkylation sites (N-methyl/N-ethyl adjacent to an activating group) is 1. The quantitative estimate of drug-likeness (QED) is 0.634. The zero-order valence-corrected chi connectivity index (χ0v) is 10.3. The highest BCUT2D eigenvalue weighted by Crippen LogP contribution is 1.94. The maximum absolute atomic E-state index is 11.2. The molecule has 0 aromatic rings. The lowest BCUT2D eigenvalue weighted by atomic mass is 10.5. The lowest BCUT2D eigenvalue weighted by Gasteiger charge is -2.18. The van der Waals surface area contributed by atoms with E-state index in [0.717, 1.165) is 6.54 Å². The summed E-state index contributed by atoms with van der Waals surface area (Å²) in [7, 11) is -2.89. The average molecular weight is 238 g/mol. The molecule has 0 aromatic heterocycles. The van der Waals surface area contributed by atoms with E-state index in [9.17, 15) is 8.42 Å². The molecule has 6 heteroatoms. The van der Waals surface area contributed by atoms with Crippen LogP contribution >= 0.6 is 12.2 Å². The van der Waals surface area contributed by atoms with Gasteiger partial charge in [0.1, 0.15) is 0 Å². The molecule has 0 saturated carbocycles. The van der Waals surface area contributed by atoms with Crippen LogP contribution < -0.4 is 5.73 Å². The third kappa shape index (κ3) is 6.28. The van der Waals surface area contributed by atoms with Crippen molar-refractivity contribution in [2.24, 2.45) is 5.73 Å². The standard InChI is InChI=1S/C8H18N2O2S2/c1-3-10(7-8(9)13)5-6-14(11,12)4-2/h3-7H2,1-2H3,(H2,9,13). The van der Waals surface area contributed by atoms with Crippen molar-refractivity contribution >= 4 is 27.0 Å². The van der Waals surface area contributed by atoms with E-state index in [1.807, 2.05) is 11.8 Å². The van der Waals surface area contributed by atoms with Crippen LogP contribution in [0, 0.1) is 0 Å².